The predicted octanol–water partition coefficient (Wildman–Crippen LogP) is 7.67. The summed E-state index contributed by atoms with van der Waals surface area (Å²) in [6.07, 6.45) is 5.34. The van der Waals surface area contributed by atoms with Crippen LogP contribution in [0.15, 0.2) is 59.7 Å². The van der Waals surface area contributed by atoms with Gasteiger partial charge in [0.2, 0.25) is 0 Å². The van der Waals surface area contributed by atoms with E-state index in [0.29, 0.717) is 12.8 Å². The zero-order valence-corrected chi connectivity index (χ0v) is 23.0. The molecule has 0 radical (unpaired) electrons. The lowest BCUT2D eigenvalue weighted by atomic mass is 9.76. The number of carbonyl (C=O) groups excluding carboxylic acids is 4. The summed E-state index contributed by atoms with van der Waals surface area (Å²) in [6, 6.07) is 13.0. The van der Waals surface area contributed by atoms with Gasteiger partial charge in [-0.25, -0.2) is 9.59 Å². The second kappa shape index (κ2) is 13.7. The monoisotopic (exact) mass is 546 g/mol. The van der Waals surface area contributed by atoms with Crippen molar-refractivity contribution in [2.45, 2.75) is 65.2 Å². The molecule has 2 aliphatic carbocycles. The maximum atomic E-state index is 13.8. The Morgan fingerprint density at radius 1 is 0.550 bits per heavy atom. The zero-order chi connectivity index (χ0) is 28.5. The van der Waals surface area contributed by atoms with E-state index in [1.54, 1.807) is 48.5 Å². The molecule has 0 fully saturated rings. The van der Waals surface area contributed by atoms with Crippen LogP contribution in [0.4, 0.5) is 9.59 Å². The highest BCUT2D eigenvalue weighted by molar-refractivity contribution is 6.34. The Hall–Kier alpha value is -4.20. The van der Waals surface area contributed by atoms with E-state index < -0.39 is 23.9 Å². The van der Waals surface area contributed by atoms with Crippen LogP contribution in [0.5, 0.6) is 0 Å². The summed E-state index contributed by atoms with van der Waals surface area (Å²) in [5.74, 6) is -1.28. The molecule has 0 heterocycles. The van der Waals surface area contributed by atoms with Crippen LogP contribution in [0.25, 0.3) is 11.5 Å². The van der Waals surface area contributed by atoms with E-state index in [9.17, 15) is 19.2 Å². The Balaban J connectivity index is 1.73. The third-order valence-corrected chi connectivity index (χ3v) is 6.80. The molecule has 40 heavy (non-hydrogen) atoms. The van der Waals surface area contributed by atoms with E-state index in [1.807, 2.05) is 0 Å². The lowest BCUT2D eigenvalue weighted by Gasteiger charge is -2.28. The van der Waals surface area contributed by atoms with Gasteiger partial charge in [0, 0.05) is 22.3 Å². The van der Waals surface area contributed by atoms with Gasteiger partial charge in [0.15, 0.2) is 23.1 Å². The molecular weight excluding hydrogens is 512 g/mol. The molecule has 0 aromatic heterocycles. The van der Waals surface area contributed by atoms with Crippen LogP contribution in [0, 0.1) is 0 Å². The van der Waals surface area contributed by atoms with Crippen molar-refractivity contribution in [3.8, 4) is 0 Å². The molecule has 4 rings (SSSR count). The second-order valence-corrected chi connectivity index (χ2v) is 9.68. The molecule has 0 amide bonds. The molecule has 2 aromatic carbocycles. The van der Waals surface area contributed by atoms with Crippen molar-refractivity contribution in [3.63, 3.8) is 0 Å². The highest BCUT2D eigenvalue weighted by Gasteiger charge is 2.43. The average molecular weight is 547 g/mol. The van der Waals surface area contributed by atoms with Gasteiger partial charge in [0.1, 0.15) is 0 Å². The molecule has 0 N–H and O–H groups in total. The van der Waals surface area contributed by atoms with Crippen molar-refractivity contribution < 1.29 is 38.1 Å². The molecular formula is C32H34O8. The number of hydrogen-bond acceptors (Lipinski definition) is 8. The van der Waals surface area contributed by atoms with Crippen LogP contribution in [0.3, 0.4) is 0 Å². The Labute approximate surface area is 233 Å². The van der Waals surface area contributed by atoms with Crippen molar-refractivity contribution in [3.05, 3.63) is 81.9 Å². The van der Waals surface area contributed by atoms with Crippen LogP contribution in [0.2, 0.25) is 0 Å². The van der Waals surface area contributed by atoms with E-state index >= 15 is 0 Å². The zero-order valence-electron chi connectivity index (χ0n) is 23.0. The van der Waals surface area contributed by atoms with Crippen LogP contribution >= 0.6 is 0 Å². The van der Waals surface area contributed by atoms with Gasteiger partial charge >= 0.3 is 12.3 Å². The molecule has 8 heteroatoms. The van der Waals surface area contributed by atoms with E-state index in [0.717, 1.165) is 38.5 Å². The minimum absolute atomic E-state index is 0.114. The highest BCUT2D eigenvalue weighted by atomic mass is 16.7. The smallest absolute Gasteiger partial charge is 0.434 e. The number of ketones is 2. The molecule has 0 saturated carbocycles. The minimum Gasteiger partial charge on any atom is -0.434 e. The fourth-order valence-corrected chi connectivity index (χ4v) is 4.76. The van der Waals surface area contributed by atoms with Gasteiger partial charge in [-0.15, -0.1) is 0 Å². The number of ether oxygens (including phenoxy) is 4. The first kappa shape index (κ1) is 28.8. The molecule has 0 unspecified atom stereocenters. The van der Waals surface area contributed by atoms with Gasteiger partial charge in [0.25, 0.3) is 0 Å². The molecule has 8 nitrogen and oxygen atoms in total. The van der Waals surface area contributed by atoms with Gasteiger partial charge in [-0.2, -0.15) is 0 Å². The quantitative estimate of drug-likeness (QED) is 0.197. The molecule has 0 bridgehead atoms. The Bertz CT molecular complexity index is 1250. The van der Waals surface area contributed by atoms with Crippen molar-refractivity contribution in [1.82, 2.24) is 0 Å². The van der Waals surface area contributed by atoms with Gasteiger partial charge in [-0.1, -0.05) is 101 Å². The van der Waals surface area contributed by atoms with E-state index in [4.69, 9.17) is 18.9 Å². The van der Waals surface area contributed by atoms with E-state index in [2.05, 4.69) is 13.8 Å². The summed E-state index contributed by atoms with van der Waals surface area (Å²) in [6.45, 7) is 4.50. The first-order valence-corrected chi connectivity index (χ1v) is 13.9. The Morgan fingerprint density at radius 3 is 1.30 bits per heavy atom. The summed E-state index contributed by atoms with van der Waals surface area (Å²) >= 11 is 0. The molecule has 0 saturated heterocycles. The average Bonchev–Trinajstić information content (AvgIpc) is 2.96. The predicted molar refractivity (Wildman–Crippen MR) is 149 cm³/mol. The first-order chi connectivity index (χ1) is 19.5. The van der Waals surface area contributed by atoms with Gasteiger partial charge in [0.05, 0.1) is 24.4 Å². The number of allylic oxidation sites excluding steroid dienone is 2. The first-order valence-electron chi connectivity index (χ1n) is 13.9. The number of benzene rings is 2. The van der Waals surface area contributed by atoms with Gasteiger partial charge < -0.3 is 18.9 Å². The molecule has 0 aliphatic heterocycles. The summed E-state index contributed by atoms with van der Waals surface area (Å²) in [5.41, 5.74) is 0.646. The van der Waals surface area contributed by atoms with Gasteiger partial charge in [-0.3, -0.25) is 9.59 Å². The normalized spacial score (nSPS) is 13.8. The molecule has 210 valence electrons. The Kier molecular flexibility index (Phi) is 9.89. The number of Topliss-reactive ketones (excluding diaryl/α,β-unsaturated/α-hetero) is 2. The second-order valence-electron chi connectivity index (χ2n) is 9.68. The lowest BCUT2D eigenvalue weighted by Crippen LogP contribution is -2.29. The Morgan fingerprint density at radius 2 is 0.925 bits per heavy atom. The van der Waals surface area contributed by atoms with Gasteiger partial charge in [-0.05, 0) is 12.8 Å². The number of hydrogen-bond donors (Lipinski definition) is 0. The van der Waals surface area contributed by atoms with Crippen LogP contribution in [-0.2, 0) is 18.9 Å². The third-order valence-electron chi connectivity index (χ3n) is 6.80. The number of carbonyl (C=O) groups is 4. The molecule has 0 atom stereocenters. The summed E-state index contributed by atoms with van der Waals surface area (Å²) < 4.78 is 21.8. The minimum atomic E-state index is -0.983. The van der Waals surface area contributed by atoms with Crippen molar-refractivity contribution in [2.24, 2.45) is 0 Å². The van der Waals surface area contributed by atoms with Crippen molar-refractivity contribution >= 4 is 35.4 Å². The summed E-state index contributed by atoms with van der Waals surface area (Å²) in [5, 5.41) is 0. The van der Waals surface area contributed by atoms with Crippen LogP contribution in [-0.4, -0.2) is 37.1 Å². The van der Waals surface area contributed by atoms with Crippen molar-refractivity contribution in [1.29, 1.82) is 0 Å². The highest BCUT2D eigenvalue weighted by Crippen LogP contribution is 2.45. The molecule has 2 aromatic rings. The SMILES string of the molecule is CCCCCCOC(=O)OC1=C2C(=O)c3ccccc3C(OC(=O)OCCCCCC)=C2C(=O)c2ccccc21. The maximum absolute atomic E-state index is 13.8. The van der Waals surface area contributed by atoms with E-state index in [1.165, 1.54) is 0 Å². The fourth-order valence-electron chi connectivity index (χ4n) is 4.76. The lowest BCUT2D eigenvalue weighted by molar-refractivity contribution is 0.0841. The molecule has 0 spiro atoms. The largest absolute Gasteiger partial charge is 0.513 e. The standard InChI is InChI=1S/C32H34O8/c1-3-5-7-13-19-37-31(35)39-29-23-17-11-9-15-21(23)28(34)26-25(29)27(33)22-16-10-12-18-24(22)30(26)40-32(36)38-20-14-8-6-4-2/h9-12,15-18H,3-8,13-14,19-20H2,1-2H3. The third kappa shape index (κ3) is 6.33. The van der Waals surface area contributed by atoms with E-state index in [-0.39, 0.29) is 58.1 Å². The maximum Gasteiger partial charge on any atom is 0.513 e. The fraction of sp³-hybridized carbons (Fsp3) is 0.375. The topological polar surface area (TPSA) is 105 Å². The van der Waals surface area contributed by atoms with Crippen LogP contribution < -0.4 is 0 Å². The number of fused-ring (bicyclic) bond motifs is 3. The van der Waals surface area contributed by atoms with Crippen molar-refractivity contribution in [2.75, 3.05) is 13.2 Å². The molecule has 2 aliphatic rings. The summed E-state index contributed by atoms with van der Waals surface area (Å²) in [7, 11) is 0. The number of rotatable bonds is 12. The number of unbranched alkanes of at least 4 members (excludes halogenated alkanes) is 6. The van der Waals surface area contributed by atoms with Crippen LogP contribution in [0.1, 0.15) is 97.1 Å². The summed E-state index contributed by atoms with van der Waals surface area (Å²) in [4.78, 5) is 53.0.